The van der Waals surface area contributed by atoms with Crippen LogP contribution in [0.1, 0.15) is 35.1 Å². The Morgan fingerprint density at radius 1 is 1.22 bits per heavy atom. The summed E-state index contributed by atoms with van der Waals surface area (Å²) in [6.07, 6.45) is 0.993. The quantitative estimate of drug-likeness (QED) is 0.900. The molecule has 0 aromatic carbocycles. The summed E-state index contributed by atoms with van der Waals surface area (Å²) in [4.78, 5) is 4.55. The molecule has 0 aliphatic rings. The SMILES string of the molecule is CCc1c(C)nn(-c2cc(CN)cc(C)n2)c1C. The van der Waals surface area contributed by atoms with E-state index in [-0.39, 0.29) is 0 Å². The van der Waals surface area contributed by atoms with Crippen LogP contribution in [0.25, 0.3) is 5.82 Å². The molecular formula is C14H20N4. The van der Waals surface area contributed by atoms with Gasteiger partial charge < -0.3 is 5.73 Å². The molecular weight excluding hydrogens is 224 g/mol. The maximum Gasteiger partial charge on any atom is 0.154 e. The monoisotopic (exact) mass is 244 g/mol. The third-order valence-corrected chi connectivity index (χ3v) is 3.25. The normalized spacial score (nSPS) is 10.9. The van der Waals surface area contributed by atoms with Gasteiger partial charge in [0.05, 0.1) is 5.69 Å². The topological polar surface area (TPSA) is 56.7 Å². The van der Waals surface area contributed by atoms with E-state index in [2.05, 4.69) is 23.9 Å². The minimum atomic E-state index is 0.524. The number of aromatic nitrogens is 3. The van der Waals surface area contributed by atoms with E-state index in [1.54, 1.807) is 0 Å². The summed E-state index contributed by atoms with van der Waals surface area (Å²) in [5.41, 5.74) is 11.3. The van der Waals surface area contributed by atoms with Gasteiger partial charge in [0, 0.05) is 17.9 Å². The fourth-order valence-corrected chi connectivity index (χ4v) is 2.36. The molecule has 0 radical (unpaired) electrons. The van der Waals surface area contributed by atoms with Crippen molar-refractivity contribution in [3.05, 3.63) is 40.3 Å². The zero-order chi connectivity index (χ0) is 13.3. The summed E-state index contributed by atoms with van der Waals surface area (Å²) in [5, 5.41) is 4.58. The first kappa shape index (κ1) is 12.8. The van der Waals surface area contributed by atoms with Gasteiger partial charge in [0.1, 0.15) is 0 Å². The molecule has 2 aromatic heterocycles. The van der Waals surface area contributed by atoms with E-state index >= 15 is 0 Å². The molecule has 0 atom stereocenters. The first-order valence-electron chi connectivity index (χ1n) is 6.30. The molecule has 0 saturated carbocycles. The maximum atomic E-state index is 5.71. The average Bonchev–Trinajstić information content (AvgIpc) is 2.63. The second-order valence-electron chi connectivity index (χ2n) is 4.59. The van der Waals surface area contributed by atoms with Crippen LogP contribution in [0.4, 0.5) is 0 Å². The van der Waals surface area contributed by atoms with Crippen LogP contribution >= 0.6 is 0 Å². The average molecular weight is 244 g/mol. The van der Waals surface area contributed by atoms with E-state index in [1.165, 1.54) is 5.56 Å². The number of hydrogen-bond acceptors (Lipinski definition) is 3. The highest BCUT2D eigenvalue weighted by Crippen LogP contribution is 2.18. The summed E-state index contributed by atoms with van der Waals surface area (Å²) in [6.45, 7) is 8.79. The molecule has 0 fully saturated rings. The number of nitrogens with zero attached hydrogens (tertiary/aromatic N) is 3. The van der Waals surface area contributed by atoms with Crippen molar-refractivity contribution in [3.63, 3.8) is 0 Å². The Morgan fingerprint density at radius 2 is 1.94 bits per heavy atom. The van der Waals surface area contributed by atoms with Crippen LogP contribution in [0.5, 0.6) is 0 Å². The van der Waals surface area contributed by atoms with Gasteiger partial charge in [0.2, 0.25) is 0 Å². The number of nitrogens with two attached hydrogens (primary N) is 1. The Hall–Kier alpha value is -1.68. The molecule has 2 rings (SSSR count). The molecule has 0 aliphatic carbocycles. The fourth-order valence-electron chi connectivity index (χ4n) is 2.36. The van der Waals surface area contributed by atoms with Gasteiger partial charge in [-0.25, -0.2) is 9.67 Å². The van der Waals surface area contributed by atoms with Gasteiger partial charge in [0.15, 0.2) is 5.82 Å². The summed E-state index contributed by atoms with van der Waals surface area (Å²) >= 11 is 0. The Bertz CT molecular complexity index is 569. The first-order chi connectivity index (χ1) is 8.56. The molecule has 0 saturated heterocycles. The summed E-state index contributed by atoms with van der Waals surface area (Å²) in [5.74, 6) is 0.857. The number of aryl methyl sites for hydroxylation is 2. The van der Waals surface area contributed by atoms with Crippen molar-refractivity contribution in [2.24, 2.45) is 5.73 Å². The molecule has 4 heteroatoms. The van der Waals surface area contributed by atoms with Crippen LogP contribution in [-0.2, 0) is 13.0 Å². The summed E-state index contributed by atoms with van der Waals surface area (Å²) in [6, 6.07) is 4.02. The molecule has 2 heterocycles. The second kappa shape index (κ2) is 4.90. The number of pyridine rings is 1. The second-order valence-corrected chi connectivity index (χ2v) is 4.59. The van der Waals surface area contributed by atoms with E-state index in [0.29, 0.717) is 6.54 Å². The van der Waals surface area contributed by atoms with Gasteiger partial charge >= 0.3 is 0 Å². The standard InChI is InChI=1S/C14H20N4/c1-5-13-10(3)17-18(11(13)4)14-7-12(8-15)6-9(2)16-14/h6-7H,5,8,15H2,1-4H3. The van der Waals surface area contributed by atoms with Crippen LogP contribution in [0.15, 0.2) is 12.1 Å². The Kier molecular flexibility index (Phi) is 3.48. The zero-order valence-electron chi connectivity index (χ0n) is 11.5. The lowest BCUT2D eigenvalue weighted by Crippen LogP contribution is -2.06. The van der Waals surface area contributed by atoms with Crippen molar-refractivity contribution in [2.75, 3.05) is 0 Å². The lowest BCUT2D eigenvalue weighted by atomic mass is 10.1. The lowest BCUT2D eigenvalue weighted by Gasteiger charge is -2.07. The third kappa shape index (κ3) is 2.16. The van der Waals surface area contributed by atoms with E-state index in [4.69, 9.17) is 5.73 Å². The molecule has 0 unspecified atom stereocenters. The molecule has 18 heavy (non-hydrogen) atoms. The zero-order valence-corrected chi connectivity index (χ0v) is 11.5. The molecule has 2 N–H and O–H groups in total. The van der Waals surface area contributed by atoms with Gasteiger partial charge in [-0.2, -0.15) is 5.10 Å². The molecule has 2 aromatic rings. The fraction of sp³-hybridized carbons (Fsp3) is 0.429. The van der Waals surface area contributed by atoms with Gasteiger partial charge in [-0.05, 0) is 50.5 Å². The van der Waals surface area contributed by atoms with Crippen LogP contribution in [0.2, 0.25) is 0 Å². The van der Waals surface area contributed by atoms with Crippen molar-refractivity contribution in [2.45, 2.75) is 40.7 Å². The van der Waals surface area contributed by atoms with Crippen LogP contribution in [0, 0.1) is 20.8 Å². The molecule has 0 amide bonds. The first-order valence-corrected chi connectivity index (χ1v) is 6.30. The molecule has 96 valence electrons. The van der Waals surface area contributed by atoms with Crippen molar-refractivity contribution in [3.8, 4) is 5.82 Å². The van der Waals surface area contributed by atoms with Crippen LogP contribution in [-0.4, -0.2) is 14.8 Å². The maximum absolute atomic E-state index is 5.71. The highest BCUT2D eigenvalue weighted by molar-refractivity contribution is 5.35. The Morgan fingerprint density at radius 3 is 2.50 bits per heavy atom. The van der Waals surface area contributed by atoms with Crippen LogP contribution < -0.4 is 5.73 Å². The van der Waals surface area contributed by atoms with E-state index in [0.717, 1.165) is 34.9 Å². The van der Waals surface area contributed by atoms with E-state index < -0.39 is 0 Å². The van der Waals surface area contributed by atoms with E-state index in [1.807, 2.05) is 30.7 Å². The predicted octanol–water partition coefficient (Wildman–Crippen LogP) is 2.21. The van der Waals surface area contributed by atoms with Gasteiger partial charge in [0.25, 0.3) is 0 Å². The van der Waals surface area contributed by atoms with Crippen molar-refractivity contribution < 1.29 is 0 Å². The minimum absolute atomic E-state index is 0.524. The largest absolute Gasteiger partial charge is 0.326 e. The summed E-state index contributed by atoms with van der Waals surface area (Å²) < 4.78 is 1.92. The van der Waals surface area contributed by atoms with E-state index in [9.17, 15) is 0 Å². The van der Waals surface area contributed by atoms with Crippen molar-refractivity contribution in [1.29, 1.82) is 0 Å². The molecule has 0 spiro atoms. The molecule has 0 aliphatic heterocycles. The predicted molar refractivity (Wildman–Crippen MR) is 72.8 cm³/mol. The Balaban J connectivity index is 2.58. The summed E-state index contributed by atoms with van der Waals surface area (Å²) in [7, 11) is 0. The van der Waals surface area contributed by atoms with Crippen LogP contribution in [0.3, 0.4) is 0 Å². The number of hydrogen-bond donors (Lipinski definition) is 1. The molecule has 4 nitrogen and oxygen atoms in total. The third-order valence-electron chi connectivity index (χ3n) is 3.25. The van der Waals surface area contributed by atoms with Crippen molar-refractivity contribution in [1.82, 2.24) is 14.8 Å². The highest BCUT2D eigenvalue weighted by Gasteiger charge is 2.12. The smallest absolute Gasteiger partial charge is 0.154 e. The number of rotatable bonds is 3. The highest BCUT2D eigenvalue weighted by atomic mass is 15.3. The Labute approximate surface area is 108 Å². The lowest BCUT2D eigenvalue weighted by molar-refractivity contribution is 0.796. The van der Waals surface area contributed by atoms with Crippen molar-refractivity contribution >= 4 is 0 Å². The van der Waals surface area contributed by atoms with Gasteiger partial charge in [-0.3, -0.25) is 0 Å². The molecule has 0 bridgehead atoms. The minimum Gasteiger partial charge on any atom is -0.326 e. The van der Waals surface area contributed by atoms with Gasteiger partial charge in [-0.15, -0.1) is 0 Å². The van der Waals surface area contributed by atoms with Gasteiger partial charge in [-0.1, -0.05) is 6.92 Å².